The minimum atomic E-state index is -1.02. The smallest absolute Gasteiger partial charge is 0.328 e. The molecule has 1 amide bonds. The molecule has 0 saturated carbocycles. The van der Waals surface area contributed by atoms with E-state index in [2.05, 4.69) is 0 Å². The van der Waals surface area contributed by atoms with E-state index in [-0.39, 0.29) is 5.91 Å². The first kappa shape index (κ1) is 14.9. The summed E-state index contributed by atoms with van der Waals surface area (Å²) in [6.45, 7) is 2.21. The Hall–Kier alpha value is -2.13. The van der Waals surface area contributed by atoms with Crippen molar-refractivity contribution in [3.8, 4) is 6.07 Å². The lowest BCUT2D eigenvalue weighted by molar-refractivity contribution is -0.131. The molecule has 1 N–H and O–H groups in total. The molecule has 0 atom stereocenters. The summed E-state index contributed by atoms with van der Waals surface area (Å²) < 4.78 is 0. The highest BCUT2D eigenvalue weighted by atomic mass is 32.1. The Morgan fingerprint density at radius 1 is 1.58 bits per heavy atom. The number of nitriles is 1. The van der Waals surface area contributed by atoms with Crippen molar-refractivity contribution >= 4 is 29.3 Å². The topological polar surface area (TPSA) is 81.4 Å². The van der Waals surface area contributed by atoms with Crippen LogP contribution in [-0.2, 0) is 4.79 Å². The zero-order chi connectivity index (χ0) is 14.4. The van der Waals surface area contributed by atoms with Crippen LogP contribution in [0.3, 0.4) is 0 Å². The number of hydrogen-bond acceptors (Lipinski definition) is 4. The highest BCUT2D eigenvalue weighted by Crippen LogP contribution is 2.24. The highest BCUT2D eigenvalue weighted by Gasteiger charge is 2.15. The fraction of sp³-hybridized carbons (Fsp3) is 0.308. The van der Waals surface area contributed by atoms with E-state index in [1.807, 2.05) is 13.0 Å². The van der Waals surface area contributed by atoms with Crippen LogP contribution >= 0.6 is 11.3 Å². The second-order valence-electron chi connectivity index (χ2n) is 3.96. The normalized spacial score (nSPS) is 10.4. The van der Waals surface area contributed by atoms with Gasteiger partial charge in [-0.1, -0.05) is 0 Å². The summed E-state index contributed by atoms with van der Waals surface area (Å²) in [6, 6.07) is 3.72. The molecule has 19 heavy (non-hydrogen) atoms. The number of nitrogens with zero attached hydrogens (tertiary/aromatic N) is 2. The number of carboxylic acid groups (broad SMARTS) is 1. The molecule has 0 aliphatic heterocycles. The van der Waals surface area contributed by atoms with Gasteiger partial charge in [-0.25, -0.2) is 4.79 Å². The van der Waals surface area contributed by atoms with Crippen molar-refractivity contribution in [2.24, 2.45) is 0 Å². The Labute approximate surface area is 115 Å². The van der Waals surface area contributed by atoms with E-state index in [0.29, 0.717) is 17.8 Å². The molecular formula is C13H14N2O3S. The van der Waals surface area contributed by atoms with Crippen LogP contribution in [0.5, 0.6) is 0 Å². The fourth-order valence-corrected chi connectivity index (χ4v) is 2.49. The molecule has 5 nitrogen and oxygen atoms in total. The molecule has 0 aromatic carbocycles. The Bertz CT molecular complexity index is 555. The number of aryl methyl sites for hydroxylation is 1. The Balaban J connectivity index is 2.86. The standard InChI is InChI=1S/C13H14N2O3S/c1-9-8-11(13(18)15(2)7-3-6-14)19-10(9)4-5-12(16)17/h4-5,8H,3,7H2,1-2H3,(H,16,17). The molecule has 1 rings (SSSR count). The van der Waals surface area contributed by atoms with Gasteiger partial charge in [0, 0.05) is 24.5 Å². The summed E-state index contributed by atoms with van der Waals surface area (Å²) >= 11 is 1.25. The third kappa shape index (κ3) is 4.23. The predicted octanol–water partition coefficient (Wildman–Crippen LogP) is 2.14. The number of amides is 1. The van der Waals surface area contributed by atoms with Gasteiger partial charge in [-0.3, -0.25) is 4.79 Å². The summed E-state index contributed by atoms with van der Waals surface area (Å²) in [5.74, 6) is -1.18. The van der Waals surface area contributed by atoms with E-state index < -0.39 is 5.97 Å². The van der Waals surface area contributed by atoms with Crippen molar-refractivity contribution in [3.05, 3.63) is 27.5 Å². The molecular weight excluding hydrogens is 264 g/mol. The summed E-state index contributed by atoms with van der Waals surface area (Å²) in [6.07, 6.45) is 2.82. The Kier molecular flexibility index (Phi) is 5.27. The van der Waals surface area contributed by atoms with Crippen molar-refractivity contribution in [1.82, 2.24) is 4.90 Å². The number of rotatable bonds is 5. The van der Waals surface area contributed by atoms with Crippen LogP contribution in [0.15, 0.2) is 12.1 Å². The lowest BCUT2D eigenvalue weighted by atomic mass is 10.2. The Morgan fingerprint density at radius 2 is 2.26 bits per heavy atom. The van der Waals surface area contributed by atoms with Crippen molar-refractivity contribution in [3.63, 3.8) is 0 Å². The van der Waals surface area contributed by atoms with E-state index >= 15 is 0 Å². The molecule has 1 aromatic rings. The molecule has 0 aliphatic rings. The van der Waals surface area contributed by atoms with Crippen molar-refractivity contribution in [2.45, 2.75) is 13.3 Å². The van der Waals surface area contributed by atoms with Crippen LogP contribution in [0.4, 0.5) is 0 Å². The van der Waals surface area contributed by atoms with E-state index in [1.165, 1.54) is 22.3 Å². The maximum absolute atomic E-state index is 12.0. The first-order valence-electron chi connectivity index (χ1n) is 5.59. The molecule has 1 aromatic heterocycles. The average molecular weight is 278 g/mol. The average Bonchev–Trinajstić information content (AvgIpc) is 2.73. The van der Waals surface area contributed by atoms with Gasteiger partial charge in [0.25, 0.3) is 5.91 Å². The summed E-state index contributed by atoms with van der Waals surface area (Å²) in [5, 5.41) is 17.1. The zero-order valence-corrected chi connectivity index (χ0v) is 11.5. The minimum absolute atomic E-state index is 0.154. The van der Waals surface area contributed by atoms with Crippen LogP contribution in [0.2, 0.25) is 0 Å². The molecule has 1 heterocycles. The Morgan fingerprint density at radius 3 is 2.84 bits per heavy atom. The lowest BCUT2D eigenvalue weighted by Crippen LogP contribution is -2.26. The van der Waals surface area contributed by atoms with Gasteiger partial charge in [0.05, 0.1) is 17.4 Å². The maximum Gasteiger partial charge on any atom is 0.328 e. The first-order chi connectivity index (χ1) is 8.95. The van der Waals surface area contributed by atoms with Gasteiger partial charge in [-0.2, -0.15) is 5.26 Å². The summed E-state index contributed by atoms with van der Waals surface area (Å²) in [7, 11) is 1.64. The number of hydrogen-bond donors (Lipinski definition) is 1. The molecule has 0 saturated heterocycles. The quantitative estimate of drug-likeness (QED) is 0.837. The molecule has 6 heteroatoms. The van der Waals surface area contributed by atoms with Crippen LogP contribution in [-0.4, -0.2) is 35.5 Å². The van der Waals surface area contributed by atoms with Gasteiger partial charge >= 0.3 is 5.97 Å². The van der Waals surface area contributed by atoms with Gasteiger partial charge in [0.15, 0.2) is 0 Å². The van der Waals surface area contributed by atoms with E-state index in [1.54, 1.807) is 13.1 Å². The van der Waals surface area contributed by atoms with Crippen molar-refractivity contribution in [2.75, 3.05) is 13.6 Å². The molecule has 100 valence electrons. The molecule has 0 aliphatic carbocycles. The number of aliphatic carboxylic acids is 1. The second-order valence-corrected chi connectivity index (χ2v) is 5.05. The molecule has 0 spiro atoms. The van der Waals surface area contributed by atoms with E-state index in [4.69, 9.17) is 10.4 Å². The van der Waals surface area contributed by atoms with Crippen molar-refractivity contribution in [1.29, 1.82) is 5.26 Å². The van der Waals surface area contributed by atoms with Crippen LogP contribution in [0.25, 0.3) is 6.08 Å². The monoisotopic (exact) mass is 278 g/mol. The number of carbonyl (C=O) groups is 2. The van der Waals surface area contributed by atoms with E-state index in [9.17, 15) is 9.59 Å². The zero-order valence-electron chi connectivity index (χ0n) is 10.7. The van der Waals surface area contributed by atoms with Crippen LogP contribution < -0.4 is 0 Å². The van der Waals surface area contributed by atoms with Crippen LogP contribution in [0, 0.1) is 18.3 Å². The van der Waals surface area contributed by atoms with Gasteiger partial charge < -0.3 is 10.0 Å². The number of carbonyl (C=O) groups excluding carboxylic acids is 1. The molecule has 0 bridgehead atoms. The first-order valence-corrected chi connectivity index (χ1v) is 6.41. The van der Waals surface area contributed by atoms with Gasteiger partial charge in [-0.05, 0) is 24.6 Å². The van der Waals surface area contributed by atoms with Crippen molar-refractivity contribution < 1.29 is 14.7 Å². The number of carboxylic acids is 1. The lowest BCUT2D eigenvalue weighted by Gasteiger charge is -2.13. The minimum Gasteiger partial charge on any atom is -0.478 e. The third-order valence-electron chi connectivity index (χ3n) is 2.45. The fourth-order valence-electron chi connectivity index (χ4n) is 1.42. The summed E-state index contributed by atoms with van der Waals surface area (Å²) in [5.41, 5.74) is 0.861. The van der Waals surface area contributed by atoms with Gasteiger partial charge in [0.1, 0.15) is 0 Å². The SMILES string of the molecule is Cc1cc(C(=O)N(C)CCC#N)sc1C=CC(=O)O. The second kappa shape index (κ2) is 6.71. The van der Waals surface area contributed by atoms with Gasteiger partial charge in [0.2, 0.25) is 0 Å². The molecule has 0 radical (unpaired) electrons. The van der Waals surface area contributed by atoms with E-state index in [0.717, 1.165) is 16.5 Å². The molecule has 0 fully saturated rings. The van der Waals surface area contributed by atoms with Crippen LogP contribution in [0.1, 0.15) is 26.5 Å². The highest BCUT2D eigenvalue weighted by molar-refractivity contribution is 7.15. The summed E-state index contributed by atoms with van der Waals surface area (Å²) in [4.78, 5) is 25.3. The largest absolute Gasteiger partial charge is 0.478 e. The number of thiophene rings is 1. The predicted molar refractivity (Wildman–Crippen MR) is 72.9 cm³/mol. The maximum atomic E-state index is 12.0. The third-order valence-corrected chi connectivity index (χ3v) is 3.64. The van der Waals surface area contributed by atoms with Gasteiger partial charge in [-0.15, -0.1) is 11.3 Å². The molecule has 0 unspecified atom stereocenters.